The maximum atomic E-state index is 15.4. The van der Waals surface area contributed by atoms with Crippen molar-refractivity contribution in [1.29, 1.82) is 10.5 Å². The maximum Gasteiger partial charge on any atom is 0.424 e. The Morgan fingerprint density at radius 1 is 0.603 bits per heavy atom. The summed E-state index contributed by atoms with van der Waals surface area (Å²) in [7, 11) is 0. The average molecular weight is 1100 g/mol. The molecule has 78 heavy (non-hydrogen) atoms. The Bertz CT molecular complexity index is 3780. The van der Waals surface area contributed by atoms with Gasteiger partial charge in [-0.3, -0.25) is 28.8 Å². The number of carbonyl (C=O) groups is 8. The second-order valence-corrected chi connectivity index (χ2v) is 20.9. The summed E-state index contributed by atoms with van der Waals surface area (Å²) in [6, 6.07) is 41.2. The Balaban J connectivity index is 1.09. The van der Waals surface area contributed by atoms with Crippen LogP contribution >= 0.6 is 34.0 Å². The van der Waals surface area contributed by atoms with E-state index in [1.54, 1.807) is 133 Å². The predicted molar refractivity (Wildman–Crippen MR) is 284 cm³/mol. The number of ether oxygens (including phenoxy) is 4. The van der Waals surface area contributed by atoms with Crippen LogP contribution in [0.3, 0.4) is 0 Å². The molecule has 0 spiro atoms. The Kier molecular flexibility index (Phi) is 14.4. The number of hydrogen-bond donors (Lipinski definition) is 0. The SMILES string of the molecule is CC1=C(C#N)C(=O)N(C(=O)OCc2ccccc2)C(=O)/C1=N/c1cc2c(s1)-c1sc3cc(/N=C4/C(=O)N(C(=O)OCc5ccccc5)C(=O)C(C#N)C4C)sc3c1C2(C(=O)OCc1ccccc1)C(=O)OCc1ccccc1. The molecule has 2 aliphatic heterocycles. The summed E-state index contributed by atoms with van der Waals surface area (Å²) < 4.78 is 23.7. The van der Waals surface area contributed by atoms with Crippen LogP contribution < -0.4 is 0 Å². The van der Waals surface area contributed by atoms with Crippen molar-refractivity contribution in [3.63, 3.8) is 0 Å². The van der Waals surface area contributed by atoms with Gasteiger partial charge in [-0.1, -0.05) is 128 Å². The lowest BCUT2D eigenvalue weighted by Gasteiger charge is -2.30. The largest absolute Gasteiger partial charge is 0.459 e. The molecular formula is C57H38N6O12S3. The minimum atomic E-state index is -2.41. The molecule has 0 radical (unpaired) electrons. The van der Waals surface area contributed by atoms with Crippen molar-refractivity contribution < 1.29 is 57.3 Å². The molecule has 3 aliphatic rings. The number of amides is 6. The first-order chi connectivity index (χ1) is 37.7. The van der Waals surface area contributed by atoms with Crippen molar-refractivity contribution in [3.05, 3.63) is 178 Å². The molecule has 1 fully saturated rings. The van der Waals surface area contributed by atoms with Crippen molar-refractivity contribution >= 4 is 113 Å². The van der Waals surface area contributed by atoms with Gasteiger partial charge in [0, 0.05) is 27.3 Å². The minimum Gasteiger partial charge on any atom is -0.459 e. The van der Waals surface area contributed by atoms with Crippen LogP contribution in [0.1, 0.15) is 47.2 Å². The minimum absolute atomic E-state index is 0.0239. The molecule has 5 heterocycles. The summed E-state index contributed by atoms with van der Waals surface area (Å²) in [4.78, 5) is 124. The molecule has 7 aromatic rings. The van der Waals surface area contributed by atoms with Gasteiger partial charge in [0.15, 0.2) is 0 Å². The monoisotopic (exact) mass is 1090 g/mol. The van der Waals surface area contributed by atoms with E-state index in [0.29, 0.717) is 41.4 Å². The fourth-order valence-corrected chi connectivity index (χ4v) is 12.9. The second-order valence-electron chi connectivity index (χ2n) is 17.8. The first-order valence-corrected chi connectivity index (χ1v) is 26.2. The number of thiophene rings is 3. The molecule has 3 aromatic heterocycles. The van der Waals surface area contributed by atoms with Crippen LogP contribution in [0.4, 0.5) is 19.6 Å². The first-order valence-electron chi connectivity index (χ1n) is 23.8. The molecule has 2 unspecified atom stereocenters. The summed E-state index contributed by atoms with van der Waals surface area (Å²) in [5.41, 5.74) is -1.32. The average Bonchev–Trinajstić information content (AvgIpc) is 4.21. The van der Waals surface area contributed by atoms with Gasteiger partial charge in [-0.05, 0) is 41.3 Å². The van der Waals surface area contributed by atoms with Crippen LogP contribution in [-0.2, 0) is 79.6 Å². The van der Waals surface area contributed by atoms with Crippen LogP contribution in [0.2, 0.25) is 0 Å². The number of nitriles is 2. The number of nitrogens with zero attached hydrogens (tertiary/aromatic N) is 6. The Hall–Kier alpha value is -9.54. The molecular weight excluding hydrogens is 1060 g/mol. The van der Waals surface area contributed by atoms with E-state index in [9.17, 15) is 39.3 Å². The topological polar surface area (TPSA) is 252 Å². The third-order valence-electron chi connectivity index (χ3n) is 13.0. The number of rotatable bonds is 12. The zero-order chi connectivity index (χ0) is 54.8. The Morgan fingerprint density at radius 2 is 1.09 bits per heavy atom. The van der Waals surface area contributed by atoms with E-state index >= 15 is 9.59 Å². The normalized spacial score (nSPS) is 17.6. The summed E-state index contributed by atoms with van der Waals surface area (Å²) in [5.74, 6) is -9.25. The standard InChI is InChI=1S/C57H38N6O12S3/c1-31-37(25-58)49(64)62(55(70)74-29-35-19-11-5-12-20-35)51(66)44(31)60-41-23-39-46(77-41)48-43(57(39,53(68)72-27-33-15-7-3-8-16-33)54(69)73-28-34-17-9-4-10-18-34)47-40(76-48)24-42(78-47)61-45-32(2)38(26-59)50(65)63(52(45)67)56(71)75-30-36-21-13-6-14-22-36/h3-24,32,38H,27-30H2,1-2H3/b60-44+,61-45+. The van der Waals surface area contributed by atoms with Gasteiger partial charge in [-0.2, -0.15) is 20.3 Å². The highest BCUT2D eigenvalue weighted by Gasteiger charge is 2.61. The first kappa shape index (κ1) is 51.9. The third-order valence-corrected chi connectivity index (χ3v) is 16.5. The number of imide groups is 6. The van der Waals surface area contributed by atoms with Gasteiger partial charge >= 0.3 is 24.1 Å². The van der Waals surface area contributed by atoms with Crippen molar-refractivity contribution in [2.75, 3.05) is 0 Å². The molecule has 21 heteroatoms. The van der Waals surface area contributed by atoms with Gasteiger partial charge < -0.3 is 18.9 Å². The lowest BCUT2D eigenvalue weighted by molar-refractivity contribution is -0.164. The van der Waals surface area contributed by atoms with Crippen molar-refractivity contribution in [2.24, 2.45) is 21.8 Å². The number of hydrogen-bond acceptors (Lipinski definition) is 19. The quantitative estimate of drug-likeness (QED) is 0.0478. The molecule has 2 atom stereocenters. The van der Waals surface area contributed by atoms with Crippen LogP contribution in [0.5, 0.6) is 0 Å². The molecule has 386 valence electrons. The number of esters is 2. The zero-order valence-electron chi connectivity index (χ0n) is 41.0. The van der Waals surface area contributed by atoms with E-state index in [2.05, 4.69) is 9.98 Å². The summed E-state index contributed by atoms with van der Waals surface area (Å²) in [5, 5.41) is 20.5. The molecule has 1 saturated heterocycles. The zero-order valence-corrected chi connectivity index (χ0v) is 43.4. The van der Waals surface area contributed by atoms with Crippen molar-refractivity contribution in [1.82, 2.24) is 9.80 Å². The van der Waals surface area contributed by atoms with E-state index in [4.69, 9.17) is 18.9 Å². The lowest BCUT2D eigenvalue weighted by Crippen LogP contribution is -2.56. The van der Waals surface area contributed by atoms with Gasteiger partial charge in [0.2, 0.25) is 5.41 Å². The molecule has 0 N–H and O–H groups in total. The van der Waals surface area contributed by atoms with Crippen LogP contribution in [0.25, 0.3) is 19.2 Å². The molecule has 18 nitrogen and oxygen atoms in total. The molecule has 4 aromatic carbocycles. The lowest BCUT2D eigenvalue weighted by atomic mass is 9.79. The van der Waals surface area contributed by atoms with E-state index in [0.717, 1.165) is 34.0 Å². The van der Waals surface area contributed by atoms with Gasteiger partial charge in [-0.15, -0.1) is 34.0 Å². The molecule has 1 aliphatic carbocycles. The van der Waals surface area contributed by atoms with Crippen molar-refractivity contribution in [3.8, 4) is 21.9 Å². The number of likely N-dealkylation sites (tertiary alicyclic amines) is 1. The number of carbonyl (C=O) groups excluding carboxylic acids is 8. The van der Waals surface area contributed by atoms with Gasteiger partial charge in [-0.25, -0.2) is 19.6 Å². The summed E-state index contributed by atoms with van der Waals surface area (Å²) >= 11 is 3.09. The highest BCUT2D eigenvalue weighted by Crippen LogP contribution is 2.62. The number of benzene rings is 4. The second kappa shape index (κ2) is 21.6. The van der Waals surface area contributed by atoms with E-state index < -0.39 is 76.3 Å². The van der Waals surface area contributed by atoms with Crippen LogP contribution in [-0.4, -0.2) is 69.0 Å². The highest BCUT2D eigenvalue weighted by molar-refractivity contribution is 7.33. The molecule has 0 saturated carbocycles. The van der Waals surface area contributed by atoms with E-state index in [-0.39, 0.29) is 68.6 Å². The number of fused-ring (bicyclic) bond motifs is 5. The third kappa shape index (κ3) is 9.36. The van der Waals surface area contributed by atoms with E-state index in [1.807, 2.05) is 6.07 Å². The van der Waals surface area contributed by atoms with Crippen LogP contribution in [0.15, 0.2) is 155 Å². The summed E-state index contributed by atoms with van der Waals surface area (Å²) in [6.45, 7) is 1.66. The molecule has 0 bridgehead atoms. The van der Waals surface area contributed by atoms with E-state index in [1.165, 1.54) is 19.9 Å². The van der Waals surface area contributed by atoms with Gasteiger partial charge in [0.05, 0.1) is 20.5 Å². The number of aliphatic imine (C=N–C) groups is 2. The fourth-order valence-electron chi connectivity index (χ4n) is 9.00. The van der Waals surface area contributed by atoms with Crippen LogP contribution in [0, 0.1) is 34.5 Å². The maximum absolute atomic E-state index is 15.4. The predicted octanol–water partition coefficient (Wildman–Crippen LogP) is 9.95. The Morgan fingerprint density at radius 3 is 1.59 bits per heavy atom. The van der Waals surface area contributed by atoms with Gasteiger partial charge in [0.25, 0.3) is 23.6 Å². The smallest absolute Gasteiger partial charge is 0.424 e. The summed E-state index contributed by atoms with van der Waals surface area (Å²) in [6.07, 6.45) is -2.64. The van der Waals surface area contributed by atoms with Gasteiger partial charge in [0.1, 0.15) is 65.4 Å². The Labute approximate surface area is 455 Å². The molecule has 6 amide bonds. The molecule has 10 rings (SSSR count). The van der Waals surface area contributed by atoms with Crippen molar-refractivity contribution in [2.45, 2.75) is 45.7 Å². The highest BCUT2D eigenvalue weighted by atomic mass is 32.1. The fraction of sp³-hybridized carbons (Fsp3) is 0.158. The number of piperidine rings is 1.